The molecule has 0 radical (unpaired) electrons. The van der Waals surface area contributed by atoms with Crippen LogP contribution in [0.2, 0.25) is 0 Å². The Balaban J connectivity index is 1.32. The number of carbonyl (C=O) groups excluding carboxylic acids is 4. The molecule has 0 aliphatic heterocycles. The molecular weight excluding hydrogens is 648 g/mol. The number of hydrogen-bond donors (Lipinski definition) is 3. The molecule has 0 unspecified atom stereocenters. The number of amides is 4. The van der Waals surface area contributed by atoms with Crippen LogP contribution in [-0.4, -0.2) is 74.2 Å². The number of nitrogens with one attached hydrogen (secondary N) is 3. The van der Waals surface area contributed by atoms with Crippen LogP contribution < -0.4 is 29.9 Å². The molecule has 3 N–H and O–H groups in total. The molecule has 0 spiro atoms. The number of hydrogen-bond acceptors (Lipinski definition) is 7. The Labute approximate surface area is 296 Å². The molecular formula is C39H40N6O6. The van der Waals surface area contributed by atoms with Crippen LogP contribution in [0.5, 0.6) is 11.5 Å². The number of ether oxygens (including phenoxy) is 2. The van der Waals surface area contributed by atoms with E-state index in [2.05, 4.69) is 20.8 Å². The van der Waals surface area contributed by atoms with Gasteiger partial charge in [-0.05, 0) is 59.7 Å². The van der Waals surface area contributed by atoms with Crippen LogP contribution in [0.15, 0.2) is 115 Å². The van der Waals surface area contributed by atoms with Crippen molar-refractivity contribution in [3.8, 4) is 11.5 Å². The second-order valence-electron chi connectivity index (χ2n) is 11.8. The summed E-state index contributed by atoms with van der Waals surface area (Å²) in [5.74, 6) is -0.693. The van der Waals surface area contributed by atoms with E-state index in [1.807, 2.05) is 60.7 Å². The Bertz CT molecular complexity index is 1790. The number of carbonyl (C=O) groups is 4. The first-order valence-electron chi connectivity index (χ1n) is 16.2. The van der Waals surface area contributed by atoms with E-state index in [9.17, 15) is 19.2 Å². The van der Waals surface area contributed by atoms with Crippen molar-refractivity contribution in [1.82, 2.24) is 20.8 Å². The fourth-order valence-corrected chi connectivity index (χ4v) is 5.46. The summed E-state index contributed by atoms with van der Waals surface area (Å²) in [6.07, 6.45) is 0.438. The number of likely N-dealkylation sites (N-methyl/N-ethyl adjacent to an activating group) is 2. The largest absolute Gasteiger partial charge is 0.497 e. The lowest BCUT2D eigenvalue weighted by Crippen LogP contribution is -2.49. The van der Waals surface area contributed by atoms with Crippen LogP contribution in [-0.2, 0) is 22.4 Å². The van der Waals surface area contributed by atoms with Gasteiger partial charge < -0.3 is 29.9 Å². The number of rotatable bonds is 14. The van der Waals surface area contributed by atoms with Crippen molar-refractivity contribution >= 4 is 35.0 Å². The zero-order chi connectivity index (χ0) is 36.3. The lowest BCUT2D eigenvalue weighted by molar-refractivity contribution is -0.120. The number of benzene rings is 4. The first-order valence-corrected chi connectivity index (χ1v) is 16.2. The highest BCUT2D eigenvalue weighted by Gasteiger charge is 2.29. The van der Waals surface area contributed by atoms with Crippen molar-refractivity contribution in [2.75, 3.05) is 38.1 Å². The minimum atomic E-state index is -0.956. The van der Waals surface area contributed by atoms with Crippen LogP contribution in [0.3, 0.4) is 0 Å². The second-order valence-corrected chi connectivity index (χ2v) is 11.8. The maximum Gasteiger partial charge on any atom is 0.272 e. The fraction of sp³-hybridized carbons (Fsp3) is 0.205. The fourth-order valence-electron chi connectivity index (χ4n) is 5.46. The molecule has 0 bridgehead atoms. The molecule has 2 atom stereocenters. The van der Waals surface area contributed by atoms with E-state index >= 15 is 0 Å². The van der Waals surface area contributed by atoms with Gasteiger partial charge in [0, 0.05) is 44.4 Å². The molecule has 4 amide bonds. The van der Waals surface area contributed by atoms with Gasteiger partial charge in [-0.3, -0.25) is 24.3 Å². The van der Waals surface area contributed by atoms with Gasteiger partial charge in [0.1, 0.15) is 29.3 Å². The minimum Gasteiger partial charge on any atom is -0.497 e. The lowest BCUT2D eigenvalue weighted by Gasteiger charge is -2.25. The van der Waals surface area contributed by atoms with Crippen LogP contribution >= 0.6 is 0 Å². The van der Waals surface area contributed by atoms with Crippen molar-refractivity contribution in [1.29, 1.82) is 0 Å². The molecule has 0 aliphatic carbocycles. The number of nitrogens with zero attached hydrogens (tertiary/aromatic N) is 3. The summed E-state index contributed by atoms with van der Waals surface area (Å²) in [7, 11) is 6.38. The zero-order valence-electron chi connectivity index (χ0n) is 28.8. The molecule has 1 aromatic heterocycles. The van der Waals surface area contributed by atoms with Gasteiger partial charge in [-0.15, -0.1) is 0 Å². The average molecular weight is 689 g/mol. The Morgan fingerprint density at radius 2 is 1.04 bits per heavy atom. The first kappa shape index (κ1) is 35.9. The number of H-pyrrole nitrogens is 1. The highest BCUT2D eigenvalue weighted by atomic mass is 16.5. The highest BCUT2D eigenvalue weighted by molar-refractivity contribution is 6.04. The van der Waals surface area contributed by atoms with Gasteiger partial charge in [0.2, 0.25) is 11.8 Å². The molecule has 0 fully saturated rings. The molecule has 1 heterocycles. The van der Waals surface area contributed by atoms with Gasteiger partial charge in [0.15, 0.2) is 5.69 Å². The normalized spacial score (nSPS) is 11.8. The number of aromatic amines is 1. The van der Waals surface area contributed by atoms with Crippen LogP contribution in [0.25, 0.3) is 0 Å². The zero-order valence-corrected chi connectivity index (χ0v) is 28.8. The summed E-state index contributed by atoms with van der Waals surface area (Å²) in [6.45, 7) is 0. The third-order valence-corrected chi connectivity index (χ3v) is 8.41. The third-order valence-electron chi connectivity index (χ3n) is 8.41. The van der Waals surface area contributed by atoms with Crippen molar-refractivity contribution < 1.29 is 28.7 Å². The van der Waals surface area contributed by atoms with E-state index < -0.39 is 23.9 Å². The predicted octanol–water partition coefficient (Wildman–Crippen LogP) is 4.44. The molecule has 0 saturated carbocycles. The van der Waals surface area contributed by atoms with Crippen molar-refractivity contribution in [3.05, 3.63) is 138 Å². The number of anilines is 2. The predicted molar refractivity (Wildman–Crippen MR) is 194 cm³/mol. The summed E-state index contributed by atoms with van der Waals surface area (Å²) in [4.78, 5) is 57.5. The lowest BCUT2D eigenvalue weighted by atomic mass is 10.0. The van der Waals surface area contributed by atoms with E-state index in [1.165, 1.54) is 15.9 Å². The Hall–Kier alpha value is -6.43. The van der Waals surface area contributed by atoms with Gasteiger partial charge in [-0.2, -0.15) is 5.10 Å². The molecule has 0 aliphatic rings. The third kappa shape index (κ3) is 9.18. The minimum absolute atomic E-state index is 0.0283. The van der Waals surface area contributed by atoms with Gasteiger partial charge in [-0.25, -0.2) is 0 Å². The number of methoxy groups -OCH3 is 2. The molecule has 262 valence electrons. The van der Waals surface area contributed by atoms with Crippen LogP contribution in [0.1, 0.15) is 32.1 Å². The van der Waals surface area contributed by atoms with E-state index in [0.717, 1.165) is 11.1 Å². The Kier molecular flexibility index (Phi) is 11.8. The molecule has 51 heavy (non-hydrogen) atoms. The van der Waals surface area contributed by atoms with E-state index in [1.54, 1.807) is 76.8 Å². The molecule has 5 aromatic rings. The smallest absolute Gasteiger partial charge is 0.272 e. The SMILES string of the molecule is COc1ccc(N(C)C(=O)[C@H](Cc2ccccc2)NC(=O)c2cc(C(=O)N[C@@H](Cc3ccccc3)C(=O)N(C)c3ccc(OC)cc3)[nH]n2)cc1. The van der Waals surface area contributed by atoms with Crippen molar-refractivity contribution in [2.45, 2.75) is 24.9 Å². The summed E-state index contributed by atoms with van der Waals surface area (Å²) in [5, 5.41) is 12.3. The second kappa shape index (κ2) is 16.8. The van der Waals surface area contributed by atoms with Gasteiger partial charge >= 0.3 is 0 Å². The Morgan fingerprint density at radius 1 is 0.627 bits per heavy atom. The summed E-state index contributed by atoms with van der Waals surface area (Å²) < 4.78 is 10.5. The van der Waals surface area contributed by atoms with Crippen LogP contribution in [0, 0.1) is 0 Å². The monoisotopic (exact) mass is 688 g/mol. The standard InChI is InChI=1S/C39H40N6O6/c1-44(28-15-19-30(50-3)20-16-28)38(48)34(23-26-11-7-5-8-12-26)40-36(46)32-25-33(43-42-32)37(47)41-35(24-27-13-9-6-10-14-27)39(49)45(2)29-17-21-31(51-4)22-18-29/h5-22,25,34-35H,23-24H2,1-4H3,(H,40,46)(H,41,47)(H,42,43)/t34-,35-/m0/s1. The molecule has 0 saturated heterocycles. The maximum absolute atomic E-state index is 13.8. The summed E-state index contributed by atoms with van der Waals surface area (Å²) >= 11 is 0. The maximum atomic E-state index is 13.8. The highest BCUT2D eigenvalue weighted by Crippen LogP contribution is 2.21. The topological polar surface area (TPSA) is 146 Å². The van der Waals surface area contributed by atoms with Crippen molar-refractivity contribution in [3.63, 3.8) is 0 Å². The molecule has 12 heteroatoms. The number of aromatic nitrogens is 2. The average Bonchev–Trinajstić information content (AvgIpc) is 3.68. The van der Waals surface area contributed by atoms with Gasteiger partial charge in [0.05, 0.1) is 14.2 Å². The van der Waals surface area contributed by atoms with Crippen molar-refractivity contribution in [2.24, 2.45) is 0 Å². The van der Waals surface area contributed by atoms with E-state index in [4.69, 9.17) is 9.47 Å². The van der Waals surface area contributed by atoms with Gasteiger partial charge in [0.25, 0.3) is 11.8 Å². The quantitative estimate of drug-likeness (QED) is 0.157. The molecule has 12 nitrogen and oxygen atoms in total. The molecule has 5 rings (SSSR count). The summed E-state index contributed by atoms with van der Waals surface area (Å²) in [5.41, 5.74) is 2.79. The van der Waals surface area contributed by atoms with Gasteiger partial charge in [-0.1, -0.05) is 60.7 Å². The Morgan fingerprint density at radius 3 is 1.45 bits per heavy atom. The van der Waals surface area contributed by atoms with E-state index in [0.29, 0.717) is 22.9 Å². The molecule has 4 aromatic carbocycles. The van der Waals surface area contributed by atoms with E-state index in [-0.39, 0.29) is 36.0 Å². The first-order chi connectivity index (χ1) is 24.7. The summed E-state index contributed by atoms with van der Waals surface area (Å²) in [6, 6.07) is 32.0. The van der Waals surface area contributed by atoms with Crippen LogP contribution in [0.4, 0.5) is 11.4 Å².